The minimum absolute atomic E-state index is 0.131. The van der Waals surface area contributed by atoms with Crippen LogP contribution in [-0.4, -0.2) is 40.7 Å². The van der Waals surface area contributed by atoms with Crippen molar-refractivity contribution in [1.82, 2.24) is 9.88 Å². The summed E-state index contributed by atoms with van der Waals surface area (Å²) in [5, 5.41) is 8.35. The topological polar surface area (TPSA) is 52.3 Å². The van der Waals surface area contributed by atoms with E-state index in [-0.39, 0.29) is 6.10 Å². The summed E-state index contributed by atoms with van der Waals surface area (Å²) in [5.41, 5.74) is 5.71. The quantitative estimate of drug-likeness (QED) is 0.372. The summed E-state index contributed by atoms with van der Waals surface area (Å²) in [6, 6.07) is 14.2. The van der Waals surface area contributed by atoms with Crippen molar-refractivity contribution in [3.63, 3.8) is 0 Å². The Morgan fingerprint density at radius 3 is 2.69 bits per heavy atom. The van der Waals surface area contributed by atoms with Gasteiger partial charge in [-0.2, -0.15) is 0 Å². The van der Waals surface area contributed by atoms with Crippen LogP contribution in [0.1, 0.15) is 39.2 Å². The molecule has 0 saturated carbocycles. The summed E-state index contributed by atoms with van der Waals surface area (Å²) in [4.78, 5) is 5.93. The molecule has 0 spiro atoms. The second-order valence-corrected chi connectivity index (χ2v) is 8.92. The van der Waals surface area contributed by atoms with Crippen LogP contribution in [0.2, 0.25) is 0 Å². The number of H-pyrrole nitrogens is 1. The van der Waals surface area contributed by atoms with Gasteiger partial charge in [-0.05, 0) is 81.4 Å². The van der Waals surface area contributed by atoms with Crippen molar-refractivity contribution in [3.05, 3.63) is 60.3 Å². The number of hydrogen-bond acceptors (Lipinski definition) is 3. The molecule has 2 heterocycles. The number of rotatable bonds is 7. The maximum Gasteiger partial charge on any atom is 0.175 e. The van der Waals surface area contributed by atoms with E-state index in [2.05, 4.69) is 51.8 Å². The number of aromatic nitrogens is 1. The number of fused-ring (bicyclic) bond motifs is 1. The van der Waals surface area contributed by atoms with E-state index in [1.165, 1.54) is 29.5 Å². The third-order valence-electron chi connectivity index (χ3n) is 5.58. The first-order valence-corrected chi connectivity index (χ1v) is 11.8. The lowest BCUT2D eigenvalue weighted by Gasteiger charge is -2.25. The fraction of sp³-hybridized carbons (Fsp3) is 0.346. The average molecular weight is 449 g/mol. The Morgan fingerprint density at radius 2 is 1.97 bits per heavy atom. The fourth-order valence-corrected chi connectivity index (χ4v) is 4.39. The summed E-state index contributed by atoms with van der Waals surface area (Å²) in [7, 11) is 0. The molecule has 3 N–H and O–H groups in total. The second-order valence-electron chi connectivity index (χ2n) is 8.52. The predicted molar refractivity (Wildman–Crippen MR) is 140 cm³/mol. The Hall–Kier alpha value is -2.83. The van der Waals surface area contributed by atoms with Gasteiger partial charge in [0.25, 0.3) is 0 Å². The molecule has 0 aliphatic carbocycles. The normalized spacial score (nSPS) is 14.4. The van der Waals surface area contributed by atoms with Crippen LogP contribution in [0, 0.1) is 0 Å². The highest BCUT2D eigenvalue weighted by atomic mass is 32.1. The Morgan fingerprint density at radius 1 is 1.16 bits per heavy atom. The van der Waals surface area contributed by atoms with E-state index in [9.17, 15) is 0 Å². The van der Waals surface area contributed by atoms with E-state index in [1.54, 1.807) is 0 Å². The Bertz CT molecular complexity index is 1120. The van der Waals surface area contributed by atoms with Crippen molar-refractivity contribution in [2.45, 2.75) is 39.7 Å². The number of aromatic amines is 1. The number of benzene rings is 2. The molecule has 0 atom stereocenters. The highest BCUT2D eigenvalue weighted by molar-refractivity contribution is 7.80. The number of nitrogens with one attached hydrogen (secondary N) is 3. The minimum atomic E-state index is 0.131. The van der Waals surface area contributed by atoms with Gasteiger partial charge in [0.15, 0.2) is 5.11 Å². The molecule has 0 unspecified atom stereocenters. The third kappa shape index (κ3) is 5.50. The van der Waals surface area contributed by atoms with Gasteiger partial charge in [-0.1, -0.05) is 19.1 Å². The summed E-state index contributed by atoms with van der Waals surface area (Å²) in [5.74, 6) is 0.824. The summed E-state index contributed by atoms with van der Waals surface area (Å²) in [6.45, 7) is 9.59. The molecule has 1 aliphatic rings. The van der Waals surface area contributed by atoms with E-state index >= 15 is 0 Å². The first-order valence-electron chi connectivity index (χ1n) is 11.4. The summed E-state index contributed by atoms with van der Waals surface area (Å²) in [6.07, 6.45) is 6.92. The molecule has 5 nitrogen and oxygen atoms in total. The Labute approximate surface area is 195 Å². The number of anilines is 2. The van der Waals surface area contributed by atoms with Gasteiger partial charge in [0.2, 0.25) is 0 Å². The van der Waals surface area contributed by atoms with Crippen LogP contribution in [0.15, 0.2) is 54.7 Å². The number of ether oxygens (including phenoxy) is 1. The first kappa shape index (κ1) is 22.4. The smallest absolute Gasteiger partial charge is 0.175 e. The molecule has 0 fully saturated rings. The molecule has 3 aromatic rings. The molecule has 1 aliphatic heterocycles. The van der Waals surface area contributed by atoms with Gasteiger partial charge >= 0.3 is 0 Å². The molecule has 1 aromatic heterocycles. The molecular formula is C26H32N4OS. The largest absolute Gasteiger partial charge is 0.491 e. The Balaban J connectivity index is 1.46. The van der Waals surface area contributed by atoms with E-state index in [0.717, 1.165) is 42.2 Å². The lowest BCUT2D eigenvalue weighted by atomic mass is 9.98. The molecule has 0 saturated heterocycles. The molecule has 2 aromatic carbocycles. The molecule has 0 radical (unpaired) electrons. The van der Waals surface area contributed by atoms with Crippen LogP contribution in [0.3, 0.4) is 0 Å². The zero-order valence-corrected chi connectivity index (χ0v) is 19.9. The monoisotopic (exact) mass is 448 g/mol. The summed E-state index contributed by atoms with van der Waals surface area (Å²) >= 11 is 5.56. The van der Waals surface area contributed by atoms with Gasteiger partial charge in [-0.15, -0.1) is 0 Å². The molecule has 0 bridgehead atoms. The second kappa shape index (κ2) is 10.2. The molecule has 168 valence electrons. The van der Waals surface area contributed by atoms with Crippen LogP contribution < -0.4 is 15.4 Å². The van der Waals surface area contributed by atoms with Gasteiger partial charge in [0, 0.05) is 53.2 Å². The minimum Gasteiger partial charge on any atom is -0.491 e. The Kier molecular flexibility index (Phi) is 7.12. The number of nitrogens with zero attached hydrogens (tertiary/aromatic N) is 1. The lowest BCUT2D eigenvalue weighted by molar-refractivity contribution is 0.242. The highest BCUT2D eigenvalue weighted by Gasteiger charge is 2.15. The maximum absolute atomic E-state index is 5.77. The maximum atomic E-state index is 5.77. The summed E-state index contributed by atoms with van der Waals surface area (Å²) < 4.78 is 5.77. The van der Waals surface area contributed by atoms with Crippen molar-refractivity contribution < 1.29 is 4.74 Å². The lowest BCUT2D eigenvalue weighted by Crippen LogP contribution is -2.29. The average Bonchev–Trinajstić information content (AvgIpc) is 3.17. The van der Waals surface area contributed by atoms with Crippen LogP contribution in [0.4, 0.5) is 11.4 Å². The van der Waals surface area contributed by atoms with Crippen LogP contribution in [-0.2, 0) is 0 Å². The molecule has 6 heteroatoms. The van der Waals surface area contributed by atoms with E-state index in [4.69, 9.17) is 17.0 Å². The fourth-order valence-electron chi connectivity index (χ4n) is 4.15. The van der Waals surface area contributed by atoms with Gasteiger partial charge < -0.3 is 20.4 Å². The zero-order chi connectivity index (χ0) is 22.5. The van der Waals surface area contributed by atoms with Gasteiger partial charge in [-0.25, -0.2) is 0 Å². The van der Waals surface area contributed by atoms with Crippen LogP contribution in [0.5, 0.6) is 5.75 Å². The number of hydrogen-bond donors (Lipinski definition) is 3. The van der Waals surface area contributed by atoms with Crippen molar-refractivity contribution in [1.29, 1.82) is 0 Å². The van der Waals surface area contributed by atoms with E-state index < -0.39 is 0 Å². The molecule has 0 amide bonds. The molecule has 4 rings (SSSR count). The van der Waals surface area contributed by atoms with Gasteiger partial charge in [-0.3, -0.25) is 4.90 Å². The van der Waals surface area contributed by atoms with Gasteiger partial charge in [0.05, 0.1) is 6.10 Å². The van der Waals surface area contributed by atoms with Crippen molar-refractivity contribution in [3.8, 4) is 5.75 Å². The SMILES string of the molecule is CCCN1CC=C(c2c[nH]c3ccc(NC(=S)Nc4cccc(OC(C)C)c4)cc23)CC1. The van der Waals surface area contributed by atoms with Crippen LogP contribution >= 0.6 is 12.2 Å². The van der Waals surface area contributed by atoms with Crippen molar-refractivity contribution >= 4 is 45.2 Å². The number of thiocarbonyl (C=S) groups is 1. The molecule has 32 heavy (non-hydrogen) atoms. The van der Waals surface area contributed by atoms with E-state index in [1.807, 2.05) is 44.2 Å². The van der Waals surface area contributed by atoms with Crippen LogP contribution in [0.25, 0.3) is 16.5 Å². The van der Waals surface area contributed by atoms with E-state index in [0.29, 0.717) is 5.11 Å². The highest BCUT2D eigenvalue weighted by Crippen LogP contribution is 2.31. The first-order chi connectivity index (χ1) is 15.5. The zero-order valence-electron chi connectivity index (χ0n) is 19.1. The molecular weight excluding hydrogens is 416 g/mol. The van der Waals surface area contributed by atoms with Crippen molar-refractivity contribution in [2.24, 2.45) is 0 Å². The van der Waals surface area contributed by atoms with Crippen molar-refractivity contribution in [2.75, 3.05) is 30.3 Å². The standard InChI is InChI=1S/C26H32N4OS/c1-4-12-30-13-10-19(11-14-30)24-17-27-25-9-8-21(16-23(24)25)29-26(32)28-20-6-5-7-22(15-20)31-18(2)3/h5-10,15-18,27H,4,11-14H2,1-3H3,(H2,28,29,32). The third-order valence-corrected chi connectivity index (χ3v) is 5.79. The predicted octanol–water partition coefficient (Wildman–Crippen LogP) is 6.26. The van der Waals surface area contributed by atoms with Gasteiger partial charge in [0.1, 0.15) is 5.75 Å².